The summed E-state index contributed by atoms with van der Waals surface area (Å²) in [7, 11) is 1.48. The number of aliphatic hydroxyl groups is 1. The molecule has 238 valence electrons. The number of rotatable bonds is 14. The van der Waals surface area contributed by atoms with Crippen LogP contribution in [0.4, 0.5) is 9.52 Å². The molecule has 9 nitrogen and oxygen atoms in total. The van der Waals surface area contributed by atoms with Crippen LogP contribution in [0.3, 0.4) is 0 Å². The minimum atomic E-state index is -1.05. The maximum Gasteiger partial charge on any atom is 0.301 e. The van der Waals surface area contributed by atoms with E-state index >= 15 is 0 Å². The summed E-state index contributed by atoms with van der Waals surface area (Å²) in [5.41, 5.74) is 1.61. The molecule has 1 amide bonds. The van der Waals surface area contributed by atoms with E-state index < -0.39 is 17.7 Å². The van der Waals surface area contributed by atoms with E-state index in [1.54, 1.807) is 60.7 Å². The summed E-state index contributed by atoms with van der Waals surface area (Å²) in [6.45, 7) is 6.55. The van der Waals surface area contributed by atoms with Crippen LogP contribution in [0.15, 0.2) is 89.3 Å². The quantitative estimate of drug-likeness (QED) is 0.0282. The number of thioether (sulfide) groups is 1. The second kappa shape index (κ2) is 15.1. The molecule has 0 unspecified atom stereocenters. The van der Waals surface area contributed by atoms with E-state index in [9.17, 15) is 19.1 Å². The van der Waals surface area contributed by atoms with E-state index in [0.29, 0.717) is 45.1 Å². The van der Waals surface area contributed by atoms with Crippen molar-refractivity contribution in [3.05, 3.63) is 107 Å². The number of hydrogen-bond acceptors (Lipinski definition) is 10. The lowest BCUT2D eigenvalue weighted by Crippen LogP contribution is -2.29. The first kappa shape index (κ1) is 32.7. The summed E-state index contributed by atoms with van der Waals surface area (Å²) < 4.78 is 30.9. The molecule has 1 aliphatic heterocycles. The smallest absolute Gasteiger partial charge is 0.301 e. The Bertz CT molecular complexity index is 1740. The van der Waals surface area contributed by atoms with Crippen molar-refractivity contribution in [1.29, 1.82) is 0 Å². The number of carbonyl (C=O) groups excluding carboxylic acids is 2. The molecule has 1 atom stereocenters. The van der Waals surface area contributed by atoms with Crippen LogP contribution in [0, 0.1) is 5.82 Å². The van der Waals surface area contributed by atoms with Crippen molar-refractivity contribution in [3.63, 3.8) is 0 Å². The third-order valence-corrected chi connectivity index (χ3v) is 9.20. The van der Waals surface area contributed by atoms with Crippen molar-refractivity contribution < 1.29 is 33.3 Å². The average Bonchev–Trinajstić information content (AvgIpc) is 3.65. The van der Waals surface area contributed by atoms with Crippen molar-refractivity contribution >= 4 is 45.7 Å². The van der Waals surface area contributed by atoms with Gasteiger partial charge in [-0.1, -0.05) is 67.3 Å². The fourth-order valence-corrected chi connectivity index (χ4v) is 6.57. The molecule has 1 saturated heterocycles. The summed E-state index contributed by atoms with van der Waals surface area (Å²) in [6, 6.07) is 16.8. The first-order valence-corrected chi connectivity index (χ1v) is 16.3. The molecular formula is C34H32FN3O6S2. The molecule has 0 aliphatic carbocycles. The number of halogens is 1. The molecule has 12 heteroatoms. The molecule has 1 N–H and O–H groups in total. The highest BCUT2D eigenvalue weighted by atomic mass is 32.2. The number of ketones is 1. The lowest BCUT2D eigenvalue weighted by molar-refractivity contribution is -0.132. The molecule has 0 bridgehead atoms. The summed E-state index contributed by atoms with van der Waals surface area (Å²) in [6.07, 6.45) is 3.50. The Balaban J connectivity index is 1.53. The molecule has 46 heavy (non-hydrogen) atoms. The standard InChI is InChI=1S/C34H32FN3O6S2/c1-4-6-18-43-25-14-9-22(10-15-25)30(39)28-29(23-11-16-26(44-17-5-2)27(19-23)42-3)38(32(41)31(28)40)33-36-37-34(46-33)45-20-21-7-12-24(35)13-8-21/h5,7-16,19,29,39H,2,4,6,17-18,20H2,1,3H3/t29-/m1/s1. The van der Waals surface area contributed by atoms with Gasteiger partial charge >= 0.3 is 5.91 Å². The molecule has 1 fully saturated rings. The van der Waals surface area contributed by atoms with E-state index in [0.717, 1.165) is 29.7 Å². The van der Waals surface area contributed by atoms with Gasteiger partial charge in [0.15, 0.2) is 15.8 Å². The van der Waals surface area contributed by atoms with E-state index in [1.807, 2.05) is 0 Å². The van der Waals surface area contributed by atoms with E-state index in [4.69, 9.17) is 14.2 Å². The van der Waals surface area contributed by atoms with Crippen molar-refractivity contribution in [2.75, 3.05) is 25.2 Å². The Morgan fingerprint density at radius 3 is 2.52 bits per heavy atom. The Morgan fingerprint density at radius 1 is 1.07 bits per heavy atom. The minimum Gasteiger partial charge on any atom is -0.507 e. The van der Waals surface area contributed by atoms with Crippen LogP contribution in [-0.4, -0.2) is 47.3 Å². The van der Waals surface area contributed by atoms with Gasteiger partial charge in [-0.15, -0.1) is 10.2 Å². The number of anilines is 1. The van der Waals surface area contributed by atoms with Crippen LogP contribution in [0.5, 0.6) is 17.2 Å². The third-order valence-electron chi connectivity index (χ3n) is 7.08. The maximum absolute atomic E-state index is 13.7. The zero-order valence-corrected chi connectivity index (χ0v) is 26.9. The van der Waals surface area contributed by atoms with Crippen LogP contribution >= 0.6 is 23.1 Å². The van der Waals surface area contributed by atoms with Crippen molar-refractivity contribution in [2.45, 2.75) is 35.9 Å². The van der Waals surface area contributed by atoms with Crippen molar-refractivity contribution in [3.8, 4) is 17.2 Å². The molecule has 0 saturated carbocycles. The molecule has 0 radical (unpaired) electrons. The number of nitrogens with zero attached hydrogens (tertiary/aromatic N) is 3. The van der Waals surface area contributed by atoms with Crippen molar-refractivity contribution in [1.82, 2.24) is 10.2 Å². The Morgan fingerprint density at radius 2 is 1.83 bits per heavy atom. The molecule has 1 aromatic heterocycles. The van der Waals surface area contributed by atoms with Crippen LogP contribution < -0.4 is 19.1 Å². The highest BCUT2D eigenvalue weighted by Crippen LogP contribution is 2.45. The number of unbranched alkanes of at least 4 members (excludes halogenated alkanes) is 1. The first-order valence-electron chi connectivity index (χ1n) is 14.5. The number of benzene rings is 3. The average molecular weight is 662 g/mol. The summed E-state index contributed by atoms with van der Waals surface area (Å²) in [5.74, 6) is -0.457. The Kier molecular flexibility index (Phi) is 10.7. The second-order valence-corrected chi connectivity index (χ2v) is 12.3. The fourth-order valence-electron chi connectivity index (χ4n) is 4.75. The van der Waals surface area contributed by atoms with Gasteiger partial charge in [0.1, 0.15) is 23.9 Å². The number of methoxy groups -OCH3 is 1. The van der Waals surface area contributed by atoms with Gasteiger partial charge < -0.3 is 19.3 Å². The number of aliphatic hydroxyl groups excluding tert-OH is 1. The predicted molar refractivity (Wildman–Crippen MR) is 176 cm³/mol. The van der Waals surface area contributed by atoms with E-state index in [1.165, 1.54) is 35.9 Å². The summed E-state index contributed by atoms with van der Waals surface area (Å²) in [4.78, 5) is 28.6. The number of hydrogen-bond donors (Lipinski definition) is 1. The number of carbonyl (C=O) groups is 2. The zero-order chi connectivity index (χ0) is 32.6. The molecule has 3 aromatic carbocycles. The zero-order valence-electron chi connectivity index (χ0n) is 25.3. The van der Waals surface area contributed by atoms with E-state index in [2.05, 4.69) is 23.7 Å². The fraction of sp³-hybridized carbons (Fsp3) is 0.235. The molecule has 1 aliphatic rings. The first-order chi connectivity index (χ1) is 22.3. The monoisotopic (exact) mass is 661 g/mol. The summed E-state index contributed by atoms with van der Waals surface area (Å²) in [5, 5.41) is 20.2. The molecular weight excluding hydrogens is 630 g/mol. The van der Waals surface area contributed by atoms with Gasteiger partial charge in [0.25, 0.3) is 5.78 Å². The maximum atomic E-state index is 13.7. The highest BCUT2D eigenvalue weighted by Gasteiger charge is 2.48. The SMILES string of the molecule is C=CCOc1ccc([C@@H]2C(=C(O)c3ccc(OCCCC)cc3)C(=O)C(=O)N2c2nnc(SCc3ccc(F)cc3)s2)cc1OC. The lowest BCUT2D eigenvalue weighted by atomic mass is 9.95. The lowest BCUT2D eigenvalue weighted by Gasteiger charge is -2.23. The third kappa shape index (κ3) is 7.24. The molecule has 4 aromatic rings. The predicted octanol–water partition coefficient (Wildman–Crippen LogP) is 7.35. The van der Waals surface area contributed by atoms with Crippen LogP contribution in [0.2, 0.25) is 0 Å². The highest BCUT2D eigenvalue weighted by molar-refractivity contribution is 8.00. The molecule has 0 spiro atoms. The van der Waals surface area contributed by atoms with E-state index in [-0.39, 0.29) is 28.9 Å². The van der Waals surface area contributed by atoms with Gasteiger partial charge in [-0.2, -0.15) is 0 Å². The van der Waals surface area contributed by atoms with Gasteiger partial charge in [0, 0.05) is 11.3 Å². The number of Topliss-reactive ketones (excluding diaryl/α,β-unsaturated/α-hetero) is 1. The van der Waals surface area contributed by atoms with Gasteiger partial charge in [-0.3, -0.25) is 14.5 Å². The van der Waals surface area contributed by atoms with Crippen molar-refractivity contribution in [2.24, 2.45) is 0 Å². The van der Waals surface area contributed by atoms with Crippen LogP contribution in [0.25, 0.3) is 5.76 Å². The normalized spacial score (nSPS) is 15.6. The Labute approximate surface area is 274 Å². The van der Waals surface area contributed by atoms with Gasteiger partial charge in [0.05, 0.1) is 25.3 Å². The number of ether oxygens (including phenoxy) is 3. The van der Waals surface area contributed by atoms with Gasteiger partial charge in [0.2, 0.25) is 5.13 Å². The second-order valence-electron chi connectivity index (χ2n) is 10.2. The van der Waals surface area contributed by atoms with Gasteiger partial charge in [-0.05, 0) is 66.1 Å². The van der Waals surface area contributed by atoms with Crippen LogP contribution in [0.1, 0.15) is 42.5 Å². The topological polar surface area (TPSA) is 111 Å². The molecule has 2 heterocycles. The largest absolute Gasteiger partial charge is 0.507 e. The van der Waals surface area contributed by atoms with Gasteiger partial charge in [-0.25, -0.2) is 4.39 Å². The number of aromatic nitrogens is 2. The minimum absolute atomic E-state index is 0.109. The van der Waals surface area contributed by atoms with Crippen LogP contribution in [-0.2, 0) is 15.3 Å². The number of amides is 1. The Hall–Kier alpha value is -4.68. The molecule has 5 rings (SSSR count). The summed E-state index contributed by atoms with van der Waals surface area (Å²) >= 11 is 2.50.